The van der Waals surface area contributed by atoms with Crippen molar-refractivity contribution < 1.29 is 14.7 Å². The average Bonchev–Trinajstić information content (AvgIpc) is 2.60. The lowest BCUT2D eigenvalue weighted by molar-refractivity contribution is -0.134. The summed E-state index contributed by atoms with van der Waals surface area (Å²) in [4.78, 5) is 31.1. The Kier molecular flexibility index (Phi) is 5.95. The van der Waals surface area contributed by atoms with Gasteiger partial charge in [0.2, 0.25) is 0 Å². The van der Waals surface area contributed by atoms with Gasteiger partial charge in [-0.2, -0.15) is 0 Å². The average molecular weight is 352 g/mol. The second-order valence-electron chi connectivity index (χ2n) is 5.75. The van der Waals surface area contributed by atoms with Gasteiger partial charge in [0.1, 0.15) is 18.1 Å². The molecule has 0 saturated carbocycles. The van der Waals surface area contributed by atoms with E-state index in [1.165, 1.54) is 6.92 Å². The fourth-order valence-corrected chi connectivity index (χ4v) is 2.49. The van der Waals surface area contributed by atoms with Crippen LogP contribution < -0.4 is 5.32 Å². The zero-order valence-corrected chi connectivity index (χ0v) is 14.7. The van der Waals surface area contributed by atoms with Crippen LogP contribution in [0.5, 0.6) is 0 Å². The van der Waals surface area contributed by atoms with Crippen molar-refractivity contribution in [3.05, 3.63) is 54.1 Å². The van der Waals surface area contributed by atoms with Crippen LogP contribution in [0.15, 0.2) is 37.2 Å². The minimum atomic E-state index is -1.04. The molecule has 0 fully saturated rings. The number of rotatable bonds is 8. The Labute approximate surface area is 151 Å². The molecule has 0 aliphatic heterocycles. The molecule has 1 aromatic heterocycles. The third kappa shape index (κ3) is 4.38. The lowest BCUT2D eigenvalue weighted by atomic mass is 9.94. The monoisotopic (exact) mass is 352 g/mol. The summed E-state index contributed by atoms with van der Waals surface area (Å²) in [6.07, 6.45) is 5.46. The summed E-state index contributed by atoms with van der Waals surface area (Å²) in [5.74, 6) is -0.812. The van der Waals surface area contributed by atoms with Gasteiger partial charge in [0.05, 0.1) is 0 Å². The van der Waals surface area contributed by atoms with Gasteiger partial charge in [0.15, 0.2) is 5.78 Å². The van der Waals surface area contributed by atoms with Crippen molar-refractivity contribution in [1.82, 2.24) is 9.97 Å². The molecule has 0 spiro atoms. The van der Waals surface area contributed by atoms with E-state index in [0.717, 1.165) is 16.7 Å². The van der Waals surface area contributed by atoms with Gasteiger partial charge in [0, 0.05) is 36.1 Å². The normalized spacial score (nSPS) is 10.2. The van der Waals surface area contributed by atoms with Crippen LogP contribution >= 0.6 is 0 Å². The Morgan fingerprint density at radius 1 is 1.27 bits per heavy atom. The zero-order valence-electron chi connectivity index (χ0n) is 14.7. The summed E-state index contributed by atoms with van der Waals surface area (Å²) in [6.45, 7) is 6.49. The highest BCUT2D eigenvalue weighted by atomic mass is 16.4. The zero-order chi connectivity index (χ0) is 19.3. The van der Waals surface area contributed by atoms with Crippen LogP contribution in [0.1, 0.15) is 23.9 Å². The molecule has 0 atom stereocenters. The van der Waals surface area contributed by atoms with E-state index in [-0.39, 0.29) is 12.3 Å². The SMILES string of the molecule is C=CCc1cc(-c2cnc(C)nc2)cc(C(=N)C(C)=O)c1NCC(=O)O. The molecule has 2 rings (SSSR count). The first kappa shape index (κ1) is 19.0. The number of hydrogen-bond donors (Lipinski definition) is 3. The van der Waals surface area contributed by atoms with Gasteiger partial charge in [-0.1, -0.05) is 6.08 Å². The van der Waals surface area contributed by atoms with Crippen LogP contribution in [0.25, 0.3) is 11.1 Å². The van der Waals surface area contributed by atoms with E-state index < -0.39 is 11.8 Å². The first-order chi connectivity index (χ1) is 12.3. The first-order valence-electron chi connectivity index (χ1n) is 7.95. The number of aromatic nitrogens is 2. The molecule has 7 heteroatoms. The maximum Gasteiger partial charge on any atom is 0.322 e. The van der Waals surface area contributed by atoms with Crippen LogP contribution in [0.2, 0.25) is 0 Å². The predicted molar refractivity (Wildman–Crippen MR) is 99.7 cm³/mol. The van der Waals surface area contributed by atoms with E-state index in [1.54, 1.807) is 31.5 Å². The van der Waals surface area contributed by atoms with E-state index in [1.807, 2.05) is 6.07 Å². The Hall–Kier alpha value is -3.35. The number of aliphatic carboxylic acids is 1. The molecule has 0 aliphatic carbocycles. The molecule has 0 unspecified atom stereocenters. The third-order valence-electron chi connectivity index (χ3n) is 3.74. The molecule has 26 heavy (non-hydrogen) atoms. The number of carboxylic acid groups (broad SMARTS) is 1. The molecule has 0 aliphatic rings. The van der Waals surface area contributed by atoms with E-state index in [9.17, 15) is 9.59 Å². The van der Waals surface area contributed by atoms with Crippen molar-refractivity contribution in [2.75, 3.05) is 11.9 Å². The van der Waals surface area contributed by atoms with Gasteiger partial charge < -0.3 is 10.4 Å². The van der Waals surface area contributed by atoms with E-state index in [4.69, 9.17) is 10.5 Å². The van der Waals surface area contributed by atoms with Crippen LogP contribution in [-0.2, 0) is 16.0 Å². The number of nitrogens with one attached hydrogen (secondary N) is 2. The quantitative estimate of drug-likeness (QED) is 0.497. The molecule has 0 amide bonds. The number of allylic oxidation sites excluding steroid dienone is 1. The number of carbonyl (C=O) groups excluding carboxylic acids is 1. The molecule has 0 saturated heterocycles. The first-order valence-corrected chi connectivity index (χ1v) is 7.95. The van der Waals surface area contributed by atoms with Crippen molar-refractivity contribution >= 4 is 23.2 Å². The number of ketones is 1. The van der Waals surface area contributed by atoms with Crippen LogP contribution in [0, 0.1) is 12.3 Å². The van der Waals surface area contributed by atoms with Crippen molar-refractivity contribution in [1.29, 1.82) is 5.41 Å². The van der Waals surface area contributed by atoms with Crippen LogP contribution in [-0.4, -0.2) is 39.1 Å². The maximum absolute atomic E-state index is 11.8. The second kappa shape index (κ2) is 8.15. The van der Waals surface area contributed by atoms with Gasteiger partial charge in [0.25, 0.3) is 0 Å². The Morgan fingerprint density at radius 2 is 1.92 bits per heavy atom. The Morgan fingerprint density at radius 3 is 2.46 bits per heavy atom. The van der Waals surface area contributed by atoms with Crippen molar-refractivity contribution in [3.8, 4) is 11.1 Å². The van der Waals surface area contributed by atoms with E-state index in [0.29, 0.717) is 23.5 Å². The predicted octanol–water partition coefficient (Wildman–Crippen LogP) is 2.63. The largest absolute Gasteiger partial charge is 0.480 e. The molecular weight excluding hydrogens is 332 g/mol. The second-order valence-corrected chi connectivity index (χ2v) is 5.75. The highest BCUT2D eigenvalue weighted by Crippen LogP contribution is 2.30. The van der Waals surface area contributed by atoms with E-state index >= 15 is 0 Å². The van der Waals surface area contributed by atoms with E-state index in [2.05, 4.69) is 21.9 Å². The minimum absolute atomic E-state index is 0.196. The molecule has 0 radical (unpaired) electrons. The van der Waals surface area contributed by atoms with Crippen LogP contribution in [0.3, 0.4) is 0 Å². The number of carboxylic acids is 1. The van der Waals surface area contributed by atoms with Crippen molar-refractivity contribution in [2.24, 2.45) is 0 Å². The number of nitrogens with zero attached hydrogens (tertiary/aromatic N) is 2. The number of anilines is 1. The fraction of sp³-hybridized carbons (Fsp3) is 0.211. The maximum atomic E-state index is 11.8. The van der Waals surface area contributed by atoms with Crippen molar-refractivity contribution in [2.45, 2.75) is 20.3 Å². The minimum Gasteiger partial charge on any atom is -0.480 e. The summed E-state index contributed by atoms with van der Waals surface area (Å²) >= 11 is 0. The molecule has 1 aromatic carbocycles. The number of benzene rings is 1. The number of aryl methyl sites for hydroxylation is 1. The number of hydrogen-bond acceptors (Lipinski definition) is 6. The van der Waals surface area contributed by atoms with Crippen LogP contribution in [0.4, 0.5) is 5.69 Å². The highest BCUT2D eigenvalue weighted by molar-refractivity contribution is 6.45. The number of Topliss-reactive ketones (excluding diaryl/α,β-unsaturated/α-hetero) is 1. The molecule has 7 nitrogen and oxygen atoms in total. The lowest BCUT2D eigenvalue weighted by Crippen LogP contribution is -2.19. The summed E-state index contributed by atoms with van der Waals surface area (Å²) < 4.78 is 0. The third-order valence-corrected chi connectivity index (χ3v) is 3.74. The highest BCUT2D eigenvalue weighted by Gasteiger charge is 2.18. The lowest BCUT2D eigenvalue weighted by Gasteiger charge is -2.17. The molecule has 3 N–H and O–H groups in total. The smallest absolute Gasteiger partial charge is 0.322 e. The molecule has 1 heterocycles. The summed E-state index contributed by atoms with van der Waals surface area (Å²) in [7, 11) is 0. The van der Waals surface area contributed by atoms with Gasteiger partial charge in [-0.3, -0.25) is 15.0 Å². The summed E-state index contributed by atoms with van der Waals surface area (Å²) in [5.41, 5.74) is 2.81. The summed E-state index contributed by atoms with van der Waals surface area (Å²) in [5, 5.41) is 19.9. The van der Waals surface area contributed by atoms with Gasteiger partial charge in [-0.15, -0.1) is 6.58 Å². The summed E-state index contributed by atoms with van der Waals surface area (Å²) in [6, 6.07) is 3.53. The molecular formula is C19H20N4O3. The van der Waals surface area contributed by atoms with Gasteiger partial charge >= 0.3 is 5.97 Å². The standard InChI is InChI=1S/C19H20N4O3/c1-4-5-13-6-14(15-8-21-12(3)22-9-15)7-16(18(20)11(2)24)19(13)23-10-17(25)26/h4,6-9,20,23H,1,5,10H2,2-3H3,(H,25,26). The van der Waals surface area contributed by atoms with Gasteiger partial charge in [-0.25, -0.2) is 9.97 Å². The number of carbonyl (C=O) groups is 2. The molecule has 0 bridgehead atoms. The van der Waals surface area contributed by atoms with Crippen molar-refractivity contribution in [3.63, 3.8) is 0 Å². The Balaban J connectivity index is 2.66. The fourth-order valence-electron chi connectivity index (χ4n) is 2.49. The Bertz CT molecular complexity index is 873. The van der Waals surface area contributed by atoms with Gasteiger partial charge in [-0.05, 0) is 36.6 Å². The molecule has 134 valence electrons. The molecule has 2 aromatic rings. The topological polar surface area (TPSA) is 116 Å².